The van der Waals surface area contributed by atoms with Gasteiger partial charge in [0.05, 0.1) is 6.04 Å². The Morgan fingerprint density at radius 2 is 2.19 bits per heavy atom. The van der Waals surface area contributed by atoms with Crippen LogP contribution in [0.15, 0.2) is 24.3 Å². The fraction of sp³-hybridized carbons (Fsp3) is 0.412. The Hall–Kier alpha value is -0.840. The van der Waals surface area contributed by atoms with E-state index in [4.69, 9.17) is 0 Å². The molecule has 1 aromatic heterocycles. The van der Waals surface area contributed by atoms with Gasteiger partial charge in [-0.25, -0.2) is 4.39 Å². The molecule has 1 atom stereocenters. The highest BCUT2D eigenvalue weighted by Crippen LogP contribution is 2.37. The first kappa shape index (κ1) is 15.1. The van der Waals surface area contributed by atoms with Crippen molar-refractivity contribution in [2.24, 2.45) is 0 Å². The number of halogens is 1. The number of rotatable bonds is 4. The molecule has 0 aliphatic carbocycles. The highest BCUT2D eigenvalue weighted by molar-refractivity contribution is 7.98. The molecule has 1 nitrogen and oxygen atoms in total. The predicted molar refractivity (Wildman–Crippen MR) is 90.8 cm³/mol. The van der Waals surface area contributed by atoms with Gasteiger partial charge >= 0.3 is 0 Å². The highest BCUT2D eigenvalue weighted by atomic mass is 32.2. The van der Waals surface area contributed by atoms with Gasteiger partial charge in [-0.3, -0.25) is 0 Å². The molecule has 0 fully saturated rings. The molecule has 1 aromatic carbocycles. The molecular weight excluding hydrogens is 301 g/mol. The maximum absolute atomic E-state index is 13.4. The Morgan fingerprint density at radius 3 is 2.90 bits per heavy atom. The summed E-state index contributed by atoms with van der Waals surface area (Å²) in [6.07, 6.45) is 1.19. The van der Waals surface area contributed by atoms with Gasteiger partial charge in [-0.2, -0.15) is 11.8 Å². The molecule has 21 heavy (non-hydrogen) atoms. The SMILES string of the molecule is CCNC(c1cc2c(s1)CCSC2)c1ccc(F)cc1C. The number of thiophene rings is 1. The summed E-state index contributed by atoms with van der Waals surface area (Å²) in [7, 11) is 0. The Kier molecular flexibility index (Phi) is 4.67. The largest absolute Gasteiger partial charge is 0.306 e. The summed E-state index contributed by atoms with van der Waals surface area (Å²) in [6.45, 7) is 5.01. The van der Waals surface area contributed by atoms with Crippen molar-refractivity contribution in [3.63, 3.8) is 0 Å². The van der Waals surface area contributed by atoms with E-state index in [2.05, 4.69) is 18.3 Å². The number of thioether (sulfide) groups is 1. The summed E-state index contributed by atoms with van der Waals surface area (Å²) >= 11 is 3.94. The zero-order valence-corrected chi connectivity index (χ0v) is 14.0. The van der Waals surface area contributed by atoms with Crippen LogP contribution in [0.3, 0.4) is 0 Å². The van der Waals surface area contributed by atoms with Gasteiger partial charge in [-0.05, 0) is 60.5 Å². The molecule has 3 rings (SSSR count). The van der Waals surface area contributed by atoms with Crippen molar-refractivity contribution in [2.75, 3.05) is 12.3 Å². The minimum atomic E-state index is -0.159. The van der Waals surface area contributed by atoms with E-state index in [9.17, 15) is 4.39 Å². The summed E-state index contributed by atoms with van der Waals surface area (Å²) in [5.74, 6) is 2.20. The van der Waals surface area contributed by atoms with Crippen molar-refractivity contribution < 1.29 is 4.39 Å². The van der Waals surface area contributed by atoms with E-state index < -0.39 is 0 Å². The molecule has 0 radical (unpaired) electrons. The van der Waals surface area contributed by atoms with Crippen molar-refractivity contribution in [3.05, 3.63) is 56.5 Å². The second-order valence-electron chi connectivity index (χ2n) is 5.39. The molecule has 1 unspecified atom stereocenters. The van der Waals surface area contributed by atoms with Crippen LogP contribution in [0.5, 0.6) is 0 Å². The van der Waals surface area contributed by atoms with Gasteiger partial charge in [-0.15, -0.1) is 11.3 Å². The predicted octanol–water partition coefficient (Wildman–Crippen LogP) is 4.68. The third kappa shape index (κ3) is 3.17. The quantitative estimate of drug-likeness (QED) is 0.877. The number of hydrogen-bond acceptors (Lipinski definition) is 3. The smallest absolute Gasteiger partial charge is 0.123 e. The first-order valence-corrected chi connectivity index (χ1v) is 9.34. The maximum atomic E-state index is 13.4. The van der Waals surface area contributed by atoms with Crippen LogP contribution in [0.1, 0.15) is 39.4 Å². The second-order valence-corrected chi connectivity index (χ2v) is 7.66. The van der Waals surface area contributed by atoms with Crippen molar-refractivity contribution >= 4 is 23.1 Å². The summed E-state index contributed by atoms with van der Waals surface area (Å²) in [5.41, 5.74) is 3.69. The number of hydrogen-bond donors (Lipinski definition) is 1. The van der Waals surface area contributed by atoms with Crippen molar-refractivity contribution in [3.8, 4) is 0 Å². The zero-order valence-electron chi connectivity index (χ0n) is 12.4. The van der Waals surface area contributed by atoms with Crippen LogP contribution in [-0.4, -0.2) is 12.3 Å². The Morgan fingerprint density at radius 1 is 1.33 bits per heavy atom. The molecule has 2 aromatic rings. The van der Waals surface area contributed by atoms with E-state index in [0.29, 0.717) is 0 Å². The fourth-order valence-corrected chi connectivity index (χ4v) is 5.31. The topological polar surface area (TPSA) is 12.0 Å². The van der Waals surface area contributed by atoms with E-state index in [1.54, 1.807) is 12.1 Å². The second kappa shape index (κ2) is 6.51. The van der Waals surface area contributed by atoms with E-state index in [-0.39, 0.29) is 11.9 Å². The normalized spacial score (nSPS) is 15.8. The van der Waals surface area contributed by atoms with Crippen molar-refractivity contribution in [2.45, 2.75) is 32.1 Å². The lowest BCUT2D eigenvalue weighted by Gasteiger charge is -2.19. The van der Waals surface area contributed by atoms with Gasteiger partial charge in [0.2, 0.25) is 0 Å². The van der Waals surface area contributed by atoms with Gasteiger partial charge in [-0.1, -0.05) is 13.0 Å². The fourth-order valence-electron chi connectivity index (χ4n) is 2.84. The molecule has 0 saturated carbocycles. The average molecular weight is 321 g/mol. The molecule has 1 aliphatic rings. The van der Waals surface area contributed by atoms with Crippen molar-refractivity contribution in [1.82, 2.24) is 5.32 Å². The lowest BCUT2D eigenvalue weighted by Crippen LogP contribution is -2.22. The Bertz CT molecular complexity index is 612. The third-order valence-electron chi connectivity index (χ3n) is 3.88. The van der Waals surface area contributed by atoms with E-state index in [1.807, 2.05) is 36.1 Å². The van der Waals surface area contributed by atoms with Crippen LogP contribution in [0.4, 0.5) is 4.39 Å². The van der Waals surface area contributed by atoms with Crippen LogP contribution in [0.25, 0.3) is 0 Å². The molecular formula is C17H20FNS2. The molecule has 1 aliphatic heterocycles. The van der Waals surface area contributed by atoms with Gasteiger partial charge < -0.3 is 5.32 Å². The zero-order chi connectivity index (χ0) is 14.8. The molecule has 0 saturated heterocycles. The molecule has 0 bridgehead atoms. The molecule has 0 spiro atoms. The summed E-state index contributed by atoms with van der Waals surface area (Å²) in [5, 5.41) is 3.57. The first-order chi connectivity index (χ1) is 10.2. The first-order valence-electron chi connectivity index (χ1n) is 7.37. The molecule has 4 heteroatoms. The molecule has 112 valence electrons. The van der Waals surface area contributed by atoms with Gasteiger partial charge in [0.25, 0.3) is 0 Å². The van der Waals surface area contributed by atoms with Gasteiger partial charge in [0, 0.05) is 15.5 Å². The summed E-state index contributed by atoms with van der Waals surface area (Å²) < 4.78 is 13.4. The van der Waals surface area contributed by atoms with Gasteiger partial charge in [0.15, 0.2) is 0 Å². The minimum absolute atomic E-state index is 0.159. The number of aryl methyl sites for hydroxylation is 2. The van der Waals surface area contributed by atoms with Crippen LogP contribution in [-0.2, 0) is 12.2 Å². The Labute approximate surface area is 134 Å². The molecule has 0 amide bonds. The van der Waals surface area contributed by atoms with Crippen LogP contribution < -0.4 is 5.32 Å². The van der Waals surface area contributed by atoms with Crippen molar-refractivity contribution in [1.29, 1.82) is 0 Å². The number of fused-ring (bicyclic) bond motifs is 1. The minimum Gasteiger partial charge on any atom is -0.306 e. The summed E-state index contributed by atoms with van der Waals surface area (Å²) in [6, 6.07) is 7.64. The van der Waals surface area contributed by atoms with Crippen LogP contribution in [0, 0.1) is 12.7 Å². The lowest BCUT2D eigenvalue weighted by molar-refractivity contribution is 0.613. The average Bonchev–Trinajstić information content (AvgIpc) is 2.89. The van der Waals surface area contributed by atoms with E-state index in [1.165, 1.54) is 33.1 Å². The summed E-state index contributed by atoms with van der Waals surface area (Å²) in [4.78, 5) is 2.89. The number of nitrogens with one attached hydrogen (secondary N) is 1. The van der Waals surface area contributed by atoms with Crippen LogP contribution in [0.2, 0.25) is 0 Å². The molecule has 1 N–H and O–H groups in total. The maximum Gasteiger partial charge on any atom is 0.123 e. The van der Waals surface area contributed by atoms with E-state index >= 15 is 0 Å². The highest BCUT2D eigenvalue weighted by Gasteiger charge is 2.21. The van der Waals surface area contributed by atoms with Gasteiger partial charge in [0.1, 0.15) is 5.82 Å². The standard InChI is InChI=1S/C17H20FNS2/c1-3-19-17(14-5-4-13(18)8-11(14)2)16-9-12-10-20-7-6-15(12)21-16/h4-5,8-9,17,19H,3,6-7,10H2,1-2H3. The van der Waals surface area contributed by atoms with E-state index in [0.717, 1.165) is 17.9 Å². The molecule has 2 heterocycles. The third-order valence-corrected chi connectivity index (χ3v) is 6.19. The lowest BCUT2D eigenvalue weighted by atomic mass is 9.99. The Balaban J connectivity index is 1.99. The van der Waals surface area contributed by atoms with Crippen LogP contribution >= 0.6 is 23.1 Å². The monoisotopic (exact) mass is 321 g/mol. The number of benzene rings is 1.